The number of carbonyl (C=O) groups is 1. The van der Waals surface area contributed by atoms with E-state index >= 15 is 0 Å². The van der Waals surface area contributed by atoms with E-state index in [0.29, 0.717) is 49.1 Å². The van der Waals surface area contributed by atoms with Crippen molar-refractivity contribution in [2.75, 3.05) is 26.8 Å². The molecule has 1 aromatic heterocycles. The van der Waals surface area contributed by atoms with Gasteiger partial charge >= 0.3 is 0 Å². The standard InChI is InChI=1S/C22H23N3O4/c1-3-28-19-11-7-5-9-17(19)22(26)25-13-16(14-25)21-23-20(24-29-21)12-15-8-4-6-10-18(15)27-2/h4-11,16H,3,12-14H2,1-2H3. The Bertz CT molecular complexity index is 995. The van der Waals surface area contributed by atoms with Gasteiger partial charge in [-0.1, -0.05) is 35.5 Å². The van der Waals surface area contributed by atoms with Crippen molar-refractivity contribution in [2.45, 2.75) is 19.3 Å². The van der Waals surface area contributed by atoms with Gasteiger partial charge in [0.2, 0.25) is 5.89 Å². The Hall–Kier alpha value is -3.35. The molecule has 4 rings (SSSR count). The summed E-state index contributed by atoms with van der Waals surface area (Å²) in [7, 11) is 1.64. The van der Waals surface area contributed by atoms with E-state index in [2.05, 4.69) is 10.1 Å². The molecule has 1 aliphatic heterocycles. The van der Waals surface area contributed by atoms with Crippen LogP contribution in [0.25, 0.3) is 0 Å². The maximum atomic E-state index is 12.8. The molecule has 0 bridgehead atoms. The van der Waals surface area contributed by atoms with Crippen molar-refractivity contribution in [1.29, 1.82) is 0 Å². The third-order valence-corrected chi connectivity index (χ3v) is 4.96. The van der Waals surface area contributed by atoms with Crippen LogP contribution in [0.4, 0.5) is 0 Å². The van der Waals surface area contributed by atoms with E-state index in [0.717, 1.165) is 11.3 Å². The summed E-state index contributed by atoms with van der Waals surface area (Å²) in [5.41, 5.74) is 1.58. The minimum absolute atomic E-state index is 0.0425. The molecule has 150 valence electrons. The van der Waals surface area contributed by atoms with Gasteiger partial charge in [0.25, 0.3) is 5.91 Å². The Balaban J connectivity index is 1.39. The lowest BCUT2D eigenvalue weighted by Crippen LogP contribution is -2.48. The summed E-state index contributed by atoms with van der Waals surface area (Å²) in [4.78, 5) is 19.1. The van der Waals surface area contributed by atoms with Crippen molar-refractivity contribution < 1.29 is 18.8 Å². The molecule has 2 aromatic carbocycles. The van der Waals surface area contributed by atoms with Crippen LogP contribution in [-0.2, 0) is 6.42 Å². The van der Waals surface area contributed by atoms with Gasteiger partial charge in [0.15, 0.2) is 5.82 Å². The summed E-state index contributed by atoms with van der Waals surface area (Å²) in [6.45, 7) is 3.52. The number of para-hydroxylation sites is 2. The average Bonchev–Trinajstić information content (AvgIpc) is 3.16. The van der Waals surface area contributed by atoms with Crippen LogP contribution in [0.5, 0.6) is 11.5 Å². The van der Waals surface area contributed by atoms with Gasteiger partial charge in [-0.15, -0.1) is 0 Å². The fourth-order valence-corrected chi connectivity index (χ4v) is 3.42. The molecule has 7 heteroatoms. The predicted octanol–water partition coefficient (Wildman–Crippen LogP) is 3.31. The highest BCUT2D eigenvalue weighted by atomic mass is 16.5. The van der Waals surface area contributed by atoms with E-state index in [1.807, 2.05) is 49.4 Å². The van der Waals surface area contributed by atoms with Crippen LogP contribution < -0.4 is 9.47 Å². The van der Waals surface area contributed by atoms with E-state index in [1.54, 1.807) is 18.1 Å². The van der Waals surface area contributed by atoms with E-state index < -0.39 is 0 Å². The van der Waals surface area contributed by atoms with Gasteiger partial charge < -0.3 is 18.9 Å². The fraction of sp³-hybridized carbons (Fsp3) is 0.318. The Kier molecular flexibility index (Phi) is 5.46. The molecule has 2 heterocycles. The van der Waals surface area contributed by atoms with Crippen molar-refractivity contribution in [3.63, 3.8) is 0 Å². The van der Waals surface area contributed by atoms with Crippen LogP contribution in [0.3, 0.4) is 0 Å². The molecule has 0 N–H and O–H groups in total. The molecule has 1 aliphatic rings. The monoisotopic (exact) mass is 393 g/mol. The van der Waals surface area contributed by atoms with Gasteiger partial charge in [0, 0.05) is 25.1 Å². The molecular weight excluding hydrogens is 370 g/mol. The number of amides is 1. The third-order valence-electron chi connectivity index (χ3n) is 4.96. The van der Waals surface area contributed by atoms with Crippen LogP contribution in [0.1, 0.15) is 40.5 Å². The maximum absolute atomic E-state index is 12.8. The molecule has 7 nitrogen and oxygen atoms in total. The SMILES string of the molecule is CCOc1ccccc1C(=O)N1CC(c2nc(Cc3ccccc3OC)no2)C1. The number of carbonyl (C=O) groups excluding carboxylic acids is 1. The van der Waals surface area contributed by atoms with Gasteiger partial charge in [-0.3, -0.25) is 4.79 Å². The van der Waals surface area contributed by atoms with Crippen LogP contribution >= 0.6 is 0 Å². The van der Waals surface area contributed by atoms with Crippen molar-refractivity contribution in [3.8, 4) is 11.5 Å². The van der Waals surface area contributed by atoms with Crippen molar-refractivity contribution in [3.05, 3.63) is 71.4 Å². The summed E-state index contributed by atoms with van der Waals surface area (Å²) in [5.74, 6) is 2.59. The number of benzene rings is 2. The lowest BCUT2D eigenvalue weighted by atomic mass is 9.98. The number of ether oxygens (including phenoxy) is 2. The molecule has 1 amide bonds. The van der Waals surface area contributed by atoms with E-state index in [-0.39, 0.29) is 11.8 Å². The number of likely N-dealkylation sites (tertiary alicyclic amines) is 1. The third kappa shape index (κ3) is 3.94. The van der Waals surface area contributed by atoms with Gasteiger partial charge in [0.05, 0.1) is 25.2 Å². The summed E-state index contributed by atoms with van der Waals surface area (Å²) < 4.78 is 16.4. The van der Waals surface area contributed by atoms with Crippen molar-refractivity contribution in [2.24, 2.45) is 0 Å². The molecule has 0 spiro atoms. The molecule has 1 fully saturated rings. The maximum Gasteiger partial charge on any atom is 0.257 e. The quantitative estimate of drug-likeness (QED) is 0.613. The first-order chi connectivity index (χ1) is 14.2. The highest BCUT2D eigenvalue weighted by Crippen LogP contribution is 2.30. The summed E-state index contributed by atoms with van der Waals surface area (Å²) >= 11 is 0. The molecule has 3 aromatic rings. The number of hydrogen-bond donors (Lipinski definition) is 0. The molecule has 29 heavy (non-hydrogen) atoms. The summed E-state index contributed by atoms with van der Waals surface area (Å²) in [6.07, 6.45) is 0.532. The predicted molar refractivity (Wildman–Crippen MR) is 106 cm³/mol. The second-order valence-electron chi connectivity index (χ2n) is 6.87. The second-order valence-corrected chi connectivity index (χ2v) is 6.87. The molecule has 1 saturated heterocycles. The number of hydrogen-bond acceptors (Lipinski definition) is 6. The second kappa shape index (κ2) is 8.34. The van der Waals surface area contributed by atoms with Crippen molar-refractivity contribution >= 4 is 5.91 Å². The van der Waals surface area contributed by atoms with Gasteiger partial charge in [-0.05, 0) is 25.1 Å². The van der Waals surface area contributed by atoms with Gasteiger partial charge in [-0.25, -0.2) is 0 Å². The molecule has 0 saturated carbocycles. The van der Waals surface area contributed by atoms with Crippen LogP contribution in [0, 0.1) is 0 Å². The Morgan fingerprint density at radius 3 is 2.62 bits per heavy atom. The topological polar surface area (TPSA) is 77.7 Å². The lowest BCUT2D eigenvalue weighted by Gasteiger charge is -2.37. The molecule has 0 aliphatic carbocycles. The first-order valence-electron chi connectivity index (χ1n) is 9.65. The normalized spacial score (nSPS) is 13.8. The molecule has 0 unspecified atom stereocenters. The zero-order valence-electron chi connectivity index (χ0n) is 16.5. The molecule has 0 atom stereocenters. The van der Waals surface area contributed by atoms with Crippen LogP contribution in [0.2, 0.25) is 0 Å². The van der Waals surface area contributed by atoms with Gasteiger partial charge in [0.1, 0.15) is 11.5 Å². The fourth-order valence-electron chi connectivity index (χ4n) is 3.42. The van der Waals surface area contributed by atoms with E-state index in [9.17, 15) is 4.79 Å². The molecule has 0 radical (unpaired) electrons. The largest absolute Gasteiger partial charge is 0.496 e. The van der Waals surface area contributed by atoms with E-state index in [1.165, 1.54) is 0 Å². The number of rotatable bonds is 7. The Morgan fingerprint density at radius 1 is 1.14 bits per heavy atom. The summed E-state index contributed by atoms with van der Waals surface area (Å²) in [5, 5.41) is 4.09. The minimum atomic E-state index is -0.0425. The highest BCUT2D eigenvalue weighted by Gasteiger charge is 2.36. The van der Waals surface area contributed by atoms with Crippen LogP contribution in [-0.4, -0.2) is 47.8 Å². The average molecular weight is 393 g/mol. The number of nitrogens with zero attached hydrogens (tertiary/aromatic N) is 3. The highest BCUT2D eigenvalue weighted by molar-refractivity contribution is 5.97. The Morgan fingerprint density at radius 2 is 1.86 bits per heavy atom. The zero-order valence-corrected chi connectivity index (χ0v) is 16.5. The summed E-state index contributed by atoms with van der Waals surface area (Å²) in [6, 6.07) is 15.1. The van der Waals surface area contributed by atoms with Crippen LogP contribution in [0.15, 0.2) is 53.1 Å². The molecular formula is C22H23N3O4. The van der Waals surface area contributed by atoms with Crippen molar-refractivity contribution in [1.82, 2.24) is 15.0 Å². The smallest absolute Gasteiger partial charge is 0.257 e. The Labute approximate surface area is 169 Å². The van der Waals surface area contributed by atoms with Gasteiger partial charge in [-0.2, -0.15) is 4.98 Å². The lowest BCUT2D eigenvalue weighted by molar-refractivity contribution is 0.0565. The first-order valence-corrected chi connectivity index (χ1v) is 9.65. The zero-order chi connectivity index (χ0) is 20.2. The number of aromatic nitrogens is 2. The minimum Gasteiger partial charge on any atom is -0.496 e. The van der Waals surface area contributed by atoms with E-state index in [4.69, 9.17) is 14.0 Å². The number of methoxy groups -OCH3 is 1. The first kappa shape index (κ1) is 19.0.